The summed E-state index contributed by atoms with van der Waals surface area (Å²) in [4.78, 5) is 96.8. The van der Waals surface area contributed by atoms with Gasteiger partial charge in [0, 0.05) is 43.6 Å². The molecule has 0 aliphatic carbocycles. The molecule has 3 aromatic carbocycles. The number of nitrogens with two attached hydrogens (primary N) is 4. The molecule has 582 valence electrons. The Bertz CT molecular complexity index is 5370. The number of aryl methyl sites for hydroxylation is 1. The first-order valence-electron chi connectivity index (χ1n) is 35.9. The summed E-state index contributed by atoms with van der Waals surface area (Å²) in [7, 11) is 3.16. The van der Waals surface area contributed by atoms with Crippen molar-refractivity contribution in [3.63, 3.8) is 0 Å². The minimum absolute atomic E-state index is 0.0113. The number of ether oxygens (including phenoxy) is 12. The van der Waals surface area contributed by atoms with E-state index in [4.69, 9.17) is 84.8 Å². The molecule has 16 rings (SSSR count). The third-order valence-electron chi connectivity index (χ3n) is 20.6. The van der Waals surface area contributed by atoms with Crippen molar-refractivity contribution in [2.45, 2.75) is 148 Å². The molecule has 0 bridgehead atoms. The van der Waals surface area contributed by atoms with Crippen LogP contribution in [-0.4, -0.2) is 208 Å². The second-order valence-corrected chi connectivity index (χ2v) is 28.6. The van der Waals surface area contributed by atoms with Crippen LogP contribution in [0, 0.1) is 6.92 Å². The van der Waals surface area contributed by atoms with Gasteiger partial charge in [0.1, 0.15) is 113 Å². The monoisotopic (exact) mass is 1540 g/mol. The van der Waals surface area contributed by atoms with Crippen LogP contribution in [0.5, 0.6) is 11.5 Å². The third kappa shape index (κ3) is 14.6. The average Bonchev–Trinajstić information content (AvgIpc) is 1.31. The predicted molar refractivity (Wildman–Crippen MR) is 395 cm³/mol. The number of hydrogen-bond donors (Lipinski definition) is 8. The van der Waals surface area contributed by atoms with Crippen molar-refractivity contribution in [2.75, 3.05) is 75.9 Å². The van der Waals surface area contributed by atoms with Crippen LogP contribution in [0.15, 0.2) is 147 Å². The first kappa shape index (κ1) is 74.4. The van der Waals surface area contributed by atoms with Crippen LogP contribution in [0.1, 0.15) is 86.0 Å². The molecule has 38 nitrogen and oxygen atoms in total. The highest BCUT2D eigenvalue weighted by atomic mass is 32.2. The highest BCUT2D eigenvalue weighted by Crippen LogP contribution is 2.45. The van der Waals surface area contributed by atoms with Gasteiger partial charge in [-0.25, -0.2) is 39.5 Å². The fourth-order valence-electron chi connectivity index (χ4n) is 15.1. The number of fused-ring (bicyclic) bond motifs is 3. The number of methoxy groups -OCH3 is 2. The summed E-state index contributed by atoms with van der Waals surface area (Å²) in [5, 5.41) is 24.7. The number of anilines is 4. The predicted octanol–water partition coefficient (Wildman–Crippen LogP) is 2.69. The molecule has 5 fully saturated rings. The molecule has 5 aliphatic rings. The summed E-state index contributed by atoms with van der Waals surface area (Å²) >= 11 is 1.46. The van der Waals surface area contributed by atoms with E-state index >= 15 is 0 Å². The molecule has 8 aromatic heterocycles. The Balaban J connectivity index is 0.708. The van der Waals surface area contributed by atoms with Gasteiger partial charge in [0.15, 0.2) is 34.5 Å². The van der Waals surface area contributed by atoms with E-state index in [0.29, 0.717) is 55.7 Å². The second-order valence-electron chi connectivity index (χ2n) is 27.3. The van der Waals surface area contributed by atoms with Crippen LogP contribution in [0.3, 0.4) is 0 Å². The van der Waals surface area contributed by atoms with E-state index in [1.54, 1.807) is 47.5 Å². The van der Waals surface area contributed by atoms with Gasteiger partial charge in [-0.05, 0) is 59.7 Å². The van der Waals surface area contributed by atoms with Gasteiger partial charge < -0.3 is 90.0 Å². The van der Waals surface area contributed by atoms with Gasteiger partial charge in [-0.2, -0.15) is 15.0 Å². The minimum atomic E-state index is -1.55. The van der Waals surface area contributed by atoms with Crippen LogP contribution in [0.2, 0.25) is 0 Å². The standard InChI is InChI=1S/C72H80N20O18S/c1-5-111-66-57-63(84-69(76)87-66)92(34-81-57)54-24-43(102-27-46-42(23-53(107-46)91-33-80-56-62(91)83-68(75)85-65(56)96)101-26-45-41(93)21-51(106-45)89-25-35(2)64(95)86-71(89)98)47(108-54)28-103-44-22-52(90-32-79-55-60(74)77-31-78-61(55)90)109-48(44)29-104-59-49(110-67(58(59)94)88-20-19-50(73)82-70(88)97)30-105-72(36-9-7-6-8-10-36,37-11-15-39(99-3)16-12-37)38-13-17-40(100-4)18-14-38/h6-20,25,31-34,41-49,51-54,58-59,67,93-94H,5,21-24,26-30H2,1-4H3,(H2,73,82,97)(H2,74,77,78)(H2,76,84,87)(H,86,95,98)(H3,75,83,85,96)/t41-,42-,43-,44-,45+,46+,47+,48+,49+,51+,52+,53+,54+,58+,59+,67+/m0/s1. The Labute approximate surface area is 633 Å². The van der Waals surface area contributed by atoms with E-state index < -0.39 is 126 Å². The molecule has 16 atom stereocenters. The van der Waals surface area contributed by atoms with Crippen molar-refractivity contribution in [3.8, 4) is 11.5 Å². The van der Waals surface area contributed by atoms with E-state index in [1.807, 2.05) is 85.8 Å². The summed E-state index contributed by atoms with van der Waals surface area (Å²) in [6.07, 6.45) is -6.71. The fourth-order valence-corrected chi connectivity index (χ4v) is 15.8. The normalized spacial score (nSPS) is 26.1. The topological polar surface area (TPSA) is 496 Å². The van der Waals surface area contributed by atoms with Gasteiger partial charge in [-0.15, -0.1) is 11.8 Å². The molecular weight excluding hydrogens is 1460 g/mol. The maximum atomic E-state index is 13.8. The van der Waals surface area contributed by atoms with Crippen LogP contribution >= 0.6 is 11.8 Å². The molecule has 0 spiro atoms. The number of H-pyrrole nitrogens is 2. The molecule has 11 aromatic rings. The molecule has 0 amide bonds. The second kappa shape index (κ2) is 31.2. The number of hydrogen-bond acceptors (Lipinski definition) is 32. The number of aromatic amines is 2. The molecule has 5 aliphatic heterocycles. The number of benzene rings is 3. The highest BCUT2D eigenvalue weighted by Gasteiger charge is 2.51. The maximum Gasteiger partial charge on any atom is 0.351 e. The summed E-state index contributed by atoms with van der Waals surface area (Å²) in [6, 6.07) is 26.0. The summed E-state index contributed by atoms with van der Waals surface area (Å²) < 4.78 is 87.6. The molecule has 5 saturated heterocycles. The number of aliphatic hydroxyl groups excluding tert-OH is 2. The largest absolute Gasteiger partial charge is 0.497 e. The number of nitrogens with zero attached hydrogens (tertiary/aromatic N) is 14. The molecule has 0 saturated carbocycles. The van der Waals surface area contributed by atoms with Gasteiger partial charge in [0.2, 0.25) is 11.9 Å². The van der Waals surface area contributed by atoms with Gasteiger partial charge >= 0.3 is 11.4 Å². The molecule has 13 heterocycles. The lowest BCUT2D eigenvalue weighted by Crippen LogP contribution is -2.43. The van der Waals surface area contributed by atoms with Crippen molar-refractivity contribution in [3.05, 3.63) is 187 Å². The van der Waals surface area contributed by atoms with Crippen LogP contribution in [-0.2, 0) is 53.0 Å². The quantitative estimate of drug-likeness (QED) is 0.0208. The third-order valence-corrected chi connectivity index (χ3v) is 21.5. The van der Waals surface area contributed by atoms with Crippen molar-refractivity contribution < 1.29 is 67.1 Å². The van der Waals surface area contributed by atoms with Crippen molar-refractivity contribution in [1.29, 1.82) is 0 Å². The molecule has 39 heteroatoms. The first-order valence-corrected chi connectivity index (χ1v) is 36.8. The summed E-state index contributed by atoms with van der Waals surface area (Å²) in [5.41, 5.74) is 25.0. The zero-order chi connectivity index (χ0) is 76.9. The van der Waals surface area contributed by atoms with Gasteiger partial charge in [0.25, 0.3) is 11.1 Å². The van der Waals surface area contributed by atoms with E-state index in [2.05, 4.69) is 49.8 Å². The van der Waals surface area contributed by atoms with E-state index in [1.165, 1.54) is 47.4 Å². The number of rotatable bonds is 27. The van der Waals surface area contributed by atoms with E-state index in [0.717, 1.165) is 10.1 Å². The SMILES string of the molecule is CCSc1nc(N)nc2c1ncn2[C@H]1C[C@H](OC[C@H]2O[C@@H](n3cnc4c(=O)[nH]c(N)nc43)C[C@@H]2OC[C@H]2O[C@@H](n3cc(C)c(=O)[nH]c3=O)C[C@@H]2O)[C@@H](CO[C@H]2C[C@H](n3cnc4c(N)ncnc43)O[C@@H]2CO[C@H]2[C@@H](O)[C@H](n3ccc(N)nc3=O)O[C@@H]2COC(c2ccccc2)(c2ccc(OC)cc2)c2ccc(OC)cc2)O1. The summed E-state index contributed by atoms with van der Waals surface area (Å²) in [5.74, 6) is 1.87. The molecule has 0 unspecified atom stereocenters. The number of imidazole rings is 3. The lowest BCUT2D eigenvalue weighted by atomic mass is 9.80. The summed E-state index contributed by atoms with van der Waals surface area (Å²) in [6.45, 7) is 2.55. The smallest absolute Gasteiger partial charge is 0.351 e. The lowest BCUT2D eigenvalue weighted by Gasteiger charge is -2.37. The van der Waals surface area contributed by atoms with Gasteiger partial charge in [0.05, 0.1) is 90.7 Å². The first-order chi connectivity index (χ1) is 53.8. The highest BCUT2D eigenvalue weighted by molar-refractivity contribution is 7.99. The molecule has 111 heavy (non-hydrogen) atoms. The van der Waals surface area contributed by atoms with Crippen LogP contribution < -0.4 is 54.9 Å². The number of thioether (sulfide) groups is 1. The Hall–Kier alpha value is -10.7. The Morgan fingerprint density at radius 3 is 1.70 bits per heavy atom. The number of aliphatic hydroxyl groups is 2. The van der Waals surface area contributed by atoms with E-state index in [-0.39, 0.29) is 99.0 Å². The van der Waals surface area contributed by atoms with Crippen molar-refractivity contribution in [1.82, 2.24) is 77.7 Å². The van der Waals surface area contributed by atoms with Gasteiger partial charge in [-0.3, -0.25) is 42.4 Å². The number of aromatic nitrogens is 16. The average molecular weight is 1550 g/mol. The zero-order valence-electron chi connectivity index (χ0n) is 60.3. The Morgan fingerprint density at radius 1 is 0.550 bits per heavy atom. The maximum absolute atomic E-state index is 13.8. The molecule has 0 radical (unpaired) electrons. The fraction of sp³-hybridized carbons (Fsp3) is 0.431. The Kier molecular flexibility index (Phi) is 21.0. The van der Waals surface area contributed by atoms with Crippen LogP contribution in [0.25, 0.3) is 33.5 Å². The minimum Gasteiger partial charge on any atom is -0.497 e. The number of nitrogen functional groups attached to an aromatic ring is 4. The Morgan fingerprint density at radius 2 is 1.10 bits per heavy atom. The van der Waals surface area contributed by atoms with Crippen LogP contribution in [0.4, 0.5) is 23.5 Å². The van der Waals surface area contributed by atoms with E-state index in [9.17, 15) is 29.4 Å². The van der Waals surface area contributed by atoms with Gasteiger partial charge in [-0.1, -0.05) is 61.5 Å². The zero-order valence-corrected chi connectivity index (χ0v) is 61.1. The lowest BCUT2D eigenvalue weighted by molar-refractivity contribution is -0.143. The number of nitrogens with one attached hydrogen (secondary N) is 2. The van der Waals surface area contributed by atoms with Crippen molar-refractivity contribution in [2.24, 2.45) is 0 Å². The molecule has 12 N–H and O–H groups in total. The molecular formula is C72H80N20O18S. The van der Waals surface area contributed by atoms with Crippen molar-refractivity contribution >= 4 is 68.8 Å².